The Labute approximate surface area is 167 Å². The average Bonchev–Trinajstić information content (AvgIpc) is 3.05. The Balaban J connectivity index is 1.62. The van der Waals surface area contributed by atoms with Crippen LogP contribution >= 0.6 is 11.8 Å². The van der Waals surface area contributed by atoms with Gasteiger partial charge in [0.05, 0.1) is 12.9 Å². The first-order valence-electron chi connectivity index (χ1n) is 9.10. The Hall–Kier alpha value is -2.74. The fourth-order valence-corrected chi connectivity index (χ4v) is 3.84. The van der Waals surface area contributed by atoms with Gasteiger partial charge in [-0.2, -0.15) is 0 Å². The average molecular weight is 401 g/mol. The SMILES string of the molecule is CCCn1c(SCC(=O)N(C)Cc2ccc3cc(OC)ccc3c2)n[nH]c1=O. The summed E-state index contributed by atoms with van der Waals surface area (Å²) in [7, 11) is 3.43. The highest BCUT2D eigenvalue weighted by atomic mass is 32.2. The second-order valence-electron chi connectivity index (χ2n) is 6.55. The van der Waals surface area contributed by atoms with Gasteiger partial charge in [0, 0.05) is 20.1 Å². The third-order valence-corrected chi connectivity index (χ3v) is 5.41. The zero-order chi connectivity index (χ0) is 20.1. The van der Waals surface area contributed by atoms with E-state index in [1.54, 1.807) is 23.6 Å². The van der Waals surface area contributed by atoms with Gasteiger partial charge in [0.25, 0.3) is 0 Å². The minimum absolute atomic E-state index is 0.0154. The van der Waals surface area contributed by atoms with Crippen molar-refractivity contribution >= 4 is 28.4 Å². The number of aromatic amines is 1. The van der Waals surface area contributed by atoms with Crippen LogP contribution in [0.4, 0.5) is 0 Å². The number of hydrogen-bond acceptors (Lipinski definition) is 5. The molecule has 0 unspecified atom stereocenters. The largest absolute Gasteiger partial charge is 0.497 e. The molecule has 0 saturated heterocycles. The number of nitrogens with zero attached hydrogens (tertiary/aromatic N) is 3. The van der Waals surface area contributed by atoms with Crippen LogP contribution in [0.15, 0.2) is 46.3 Å². The van der Waals surface area contributed by atoms with E-state index in [2.05, 4.69) is 16.3 Å². The topological polar surface area (TPSA) is 80.2 Å². The van der Waals surface area contributed by atoms with Gasteiger partial charge < -0.3 is 9.64 Å². The minimum Gasteiger partial charge on any atom is -0.497 e. The summed E-state index contributed by atoms with van der Waals surface area (Å²) in [5.41, 5.74) is 0.819. The second-order valence-corrected chi connectivity index (χ2v) is 7.49. The van der Waals surface area contributed by atoms with E-state index in [1.807, 2.05) is 37.3 Å². The molecule has 1 aromatic heterocycles. The molecule has 0 aliphatic rings. The van der Waals surface area contributed by atoms with Crippen LogP contribution in [-0.4, -0.2) is 45.5 Å². The summed E-state index contributed by atoms with van der Waals surface area (Å²) < 4.78 is 6.82. The number of amides is 1. The Morgan fingerprint density at radius 3 is 2.75 bits per heavy atom. The number of carbonyl (C=O) groups excluding carboxylic acids is 1. The molecule has 0 atom stereocenters. The summed E-state index contributed by atoms with van der Waals surface area (Å²) in [4.78, 5) is 25.9. The summed E-state index contributed by atoms with van der Waals surface area (Å²) in [5, 5.41) is 9.20. The first-order chi connectivity index (χ1) is 13.5. The summed E-state index contributed by atoms with van der Waals surface area (Å²) in [6.45, 7) is 3.10. The minimum atomic E-state index is -0.238. The predicted molar refractivity (Wildman–Crippen MR) is 111 cm³/mol. The van der Waals surface area contributed by atoms with Crippen molar-refractivity contribution in [1.82, 2.24) is 19.7 Å². The lowest BCUT2D eigenvalue weighted by Crippen LogP contribution is -2.28. The van der Waals surface area contributed by atoms with Crippen LogP contribution in [0.2, 0.25) is 0 Å². The zero-order valence-corrected chi connectivity index (χ0v) is 17.1. The quantitative estimate of drug-likeness (QED) is 0.588. The number of carbonyl (C=O) groups is 1. The number of hydrogen-bond donors (Lipinski definition) is 1. The lowest BCUT2D eigenvalue weighted by Gasteiger charge is -2.17. The molecule has 148 valence electrons. The Morgan fingerprint density at radius 2 is 2.00 bits per heavy atom. The van der Waals surface area contributed by atoms with E-state index >= 15 is 0 Å². The first-order valence-corrected chi connectivity index (χ1v) is 10.1. The molecule has 0 saturated carbocycles. The predicted octanol–water partition coefficient (Wildman–Crippen LogP) is 2.89. The van der Waals surface area contributed by atoms with Crippen molar-refractivity contribution in [2.24, 2.45) is 0 Å². The monoisotopic (exact) mass is 400 g/mol. The van der Waals surface area contributed by atoms with Gasteiger partial charge in [-0.3, -0.25) is 9.36 Å². The van der Waals surface area contributed by atoms with E-state index in [0.29, 0.717) is 18.2 Å². The molecule has 0 spiro atoms. The summed E-state index contributed by atoms with van der Waals surface area (Å²) >= 11 is 1.28. The van der Waals surface area contributed by atoms with Crippen LogP contribution in [0.5, 0.6) is 5.75 Å². The molecule has 7 nitrogen and oxygen atoms in total. The van der Waals surface area contributed by atoms with Crippen LogP contribution in [0.25, 0.3) is 10.8 Å². The molecular weight excluding hydrogens is 376 g/mol. The fourth-order valence-electron chi connectivity index (χ4n) is 2.93. The smallest absolute Gasteiger partial charge is 0.343 e. The number of rotatable bonds is 8. The fraction of sp³-hybridized carbons (Fsp3) is 0.350. The lowest BCUT2D eigenvalue weighted by molar-refractivity contribution is -0.127. The lowest BCUT2D eigenvalue weighted by atomic mass is 10.1. The zero-order valence-electron chi connectivity index (χ0n) is 16.3. The summed E-state index contributed by atoms with van der Waals surface area (Å²) in [6, 6.07) is 12.1. The molecule has 3 aromatic rings. The molecular formula is C20H24N4O3S. The number of ether oxygens (including phenoxy) is 1. The standard InChI is InChI=1S/C20H24N4O3S/c1-4-9-24-19(26)21-22-20(24)28-13-18(25)23(2)12-14-5-6-16-11-17(27-3)8-7-15(16)10-14/h5-8,10-11H,4,9,12-13H2,1-3H3,(H,21,26). The van der Waals surface area contributed by atoms with Crippen molar-refractivity contribution in [2.45, 2.75) is 31.6 Å². The first kappa shape index (κ1) is 20.0. The van der Waals surface area contributed by atoms with Gasteiger partial charge in [0.1, 0.15) is 5.75 Å². The number of H-pyrrole nitrogens is 1. The molecule has 1 heterocycles. The Bertz CT molecular complexity index is 1030. The molecule has 0 bridgehead atoms. The van der Waals surface area contributed by atoms with Gasteiger partial charge in [0.15, 0.2) is 5.16 Å². The molecule has 2 aromatic carbocycles. The molecule has 0 aliphatic heterocycles. The van der Waals surface area contributed by atoms with Gasteiger partial charge in [-0.25, -0.2) is 9.89 Å². The molecule has 0 fully saturated rings. The van der Waals surface area contributed by atoms with Crippen molar-refractivity contribution in [1.29, 1.82) is 0 Å². The summed E-state index contributed by atoms with van der Waals surface area (Å²) in [6.07, 6.45) is 0.828. The number of nitrogens with one attached hydrogen (secondary N) is 1. The van der Waals surface area contributed by atoms with Crippen LogP contribution in [0, 0.1) is 0 Å². The molecule has 1 amide bonds. The van der Waals surface area contributed by atoms with E-state index in [1.165, 1.54) is 11.8 Å². The second kappa shape index (κ2) is 8.97. The van der Waals surface area contributed by atoms with Gasteiger partial charge in [-0.15, -0.1) is 5.10 Å². The van der Waals surface area contributed by atoms with E-state index in [9.17, 15) is 9.59 Å². The molecule has 3 rings (SSSR count). The third-order valence-electron chi connectivity index (χ3n) is 4.45. The maximum absolute atomic E-state index is 12.5. The van der Waals surface area contributed by atoms with Crippen molar-refractivity contribution in [3.8, 4) is 5.75 Å². The van der Waals surface area contributed by atoms with Gasteiger partial charge >= 0.3 is 5.69 Å². The number of methoxy groups -OCH3 is 1. The molecule has 8 heteroatoms. The maximum atomic E-state index is 12.5. The van der Waals surface area contributed by atoms with Crippen LogP contribution < -0.4 is 10.4 Å². The number of fused-ring (bicyclic) bond motifs is 1. The van der Waals surface area contributed by atoms with Crippen molar-refractivity contribution in [2.75, 3.05) is 19.9 Å². The maximum Gasteiger partial charge on any atom is 0.343 e. The van der Waals surface area contributed by atoms with E-state index in [0.717, 1.165) is 28.5 Å². The van der Waals surface area contributed by atoms with Gasteiger partial charge in [-0.1, -0.05) is 36.9 Å². The van der Waals surface area contributed by atoms with Crippen molar-refractivity contribution in [3.63, 3.8) is 0 Å². The summed E-state index contributed by atoms with van der Waals surface area (Å²) in [5.74, 6) is 1.04. The third kappa shape index (κ3) is 4.56. The van der Waals surface area contributed by atoms with Gasteiger partial charge in [-0.05, 0) is 41.0 Å². The normalized spacial score (nSPS) is 11.0. The highest BCUT2D eigenvalue weighted by Gasteiger charge is 2.14. The molecule has 0 aliphatic carbocycles. The molecule has 1 N–H and O–H groups in total. The van der Waals surface area contributed by atoms with E-state index < -0.39 is 0 Å². The Morgan fingerprint density at radius 1 is 1.25 bits per heavy atom. The molecule has 0 radical (unpaired) electrons. The number of benzene rings is 2. The Kier molecular flexibility index (Phi) is 6.41. The number of thioether (sulfide) groups is 1. The van der Waals surface area contributed by atoms with Crippen LogP contribution in [0.3, 0.4) is 0 Å². The van der Waals surface area contributed by atoms with E-state index in [4.69, 9.17) is 4.74 Å². The van der Waals surface area contributed by atoms with E-state index in [-0.39, 0.29) is 17.3 Å². The molecule has 28 heavy (non-hydrogen) atoms. The van der Waals surface area contributed by atoms with Crippen molar-refractivity contribution < 1.29 is 9.53 Å². The number of aromatic nitrogens is 3. The van der Waals surface area contributed by atoms with Crippen LogP contribution in [0.1, 0.15) is 18.9 Å². The highest BCUT2D eigenvalue weighted by Crippen LogP contribution is 2.22. The highest BCUT2D eigenvalue weighted by molar-refractivity contribution is 7.99. The van der Waals surface area contributed by atoms with Gasteiger partial charge in [0.2, 0.25) is 5.91 Å². The van der Waals surface area contributed by atoms with Crippen molar-refractivity contribution in [3.05, 3.63) is 52.4 Å². The van der Waals surface area contributed by atoms with Crippen LogP contribution in [-0.2, 0) is 17.9 Å².